The first kappa shape index (κ1) is 47.3. The summed E-state index contributed by atoms with van der Waals surface area (Å²) in [4.78, 5) is 25.4. The van der Waals surface area contributed by atoms with E-state index in [0.29, 0.717) is 51.6 Å². The van der Waals surface area contributed by atoms with Gasteiger partial charge in [0.05, 0.1) is 75.6 Å². The van der Waals surface area contributed by atoms with Gasteiger partial charge in [-0.15, -0.1) is 0 Å². The molecular formula is C48H66O12. The van der Waals surface area contributed by atoms with Crippen LogP contribution in [0.25, 0.3) is 0 Å². The predicted molar refractivity (Wildman–Crippen MR) is 226 cm³/mol. The predicted octanol–water partition coefficient (Wildman–Crippen LogP) is 8.05. The van der Waals surface area contributed by atoms with Crippen LogP contribution >= 0.6 is 0 Å². The second kappa shape index (κ2) is 22.4. The van der Waals surface area contributed by atoms with Crippen molar-refractivity contribution in [2.45, 2.75) is 153 Å². The lowest BCUT2D eigenvalue weighted by Crippen LogP contribution is -2.59. The van der Waals surface area contributed by atoms with Gasteiger partial charge in [-0.2, -0.15) is 0 Å². The Hall–Kier alpha value is -3.72. The molecule has 12 heteroatoms. The zero-order valence-corrected chi connectivity index (χ0v) is 36.1. The summed E-state index contributed by atoms with van der Waals surface area (Å²) >= 11 is 0. The molecule has 0 aliphatic carbocycles. The molecule has 3 saturated heterocycles. The van der Waals surface area contributed by atoms with Gasteiger partial charge in [0.2, 0.25) is 5.79 Å². The van der Waals surface area contributed by atoms with Gasteiger partial charge >= 0.3 is 5.97 Å². The van der Waals surface area contributed by atoms with E-state index in [1.165, 1.54) is 7.11 Å². The average molecular weight is 835 g/mol. The lowest BCUT2D eigenvalue weighted by atomic mass is 9.76. The van der Waals surface area contributed by atoms with Gasteiger partial charge < -0.3 is 48.1 Å². The number of ketones is 1. The van der Waals surface area contributed by atoms with Crippen molar-refractivity contribution in [1.29, 1.82) is 0 Å². The fourth-order valence-electron chi connectivity index (χ4n) is 8.42. The van der Waals surface area contributed by atoms with Crippen molar-refractivity contribution < 1.29 is 57.7 Å². The number of aliphatic hydroxyl groups excluding tert-OH is 1. The third-order valence-electron chi connectivity index (χ3n) is 11.7. The van der Waals surface area contributed by atoms with Crippen molar-refractivity contribution in [1.82, 2.24) is 0 Å². The molecule has 3 heterocycles. The number of methoxy groups -OCH3 is 2. The fraction of sp³-hybridized carbons (Fsp3) is 0.583. The maximum atomic E-state index is 13.6. The maximum Gasteiger partial charge on any atom is 0.305 e. The smallest absolute Gasteiger partial charge is 0.305 e. The van der Waals surface area contributed by atoms with Gasteiger partial charge in [-0.05, 0) is 62.3 Å². The number of hydrogen-bond donors (Lipinski definition) is 2. The molecule has 2 aromatic rings. The lowest BCUT2D eigenvalue weighted by Gasteiger charge is -2.47. The van der Waals surface area contributed by atoms with Crippen LogP contribution in [0.1, 0.15) is 96.1 Å². The summed E-state index contributed by atoms with van der Waals surface area (Å²) in [6.45, 7) is 15.0. The van der Waals surface area contributed by atoms with Crippen LogP contribution in [0.5, 0.6) is 5.75 Å². The van der Waals surface area contributed by atoms with E-state index in [1.54, 1.807) is 14.0 Å². The number of ether oxygens (including phenoxy) is 8. The van der Waals surface area contributed by atoms with Gasteiger partial charge in [0.1, 0.15) is 12.5 Å². The number of aliphatic hydroxyl groups is 1. The van der Waals surface area contributed by atoms with E-state index < -0.39 is 41.6 Å². The van der Waals surface area contributed by atoms with Crippen molar-refractivity contribution in [2.75, 3.05) is 21.0 Å². The van der Waals surface area contributed by atoms with Crippen molar-refractivity contribution in [2.24, 2.45) is 5.41 Å². The van der Waals surface area contributed by atoms with Crippen LogP contribution in [-0.2, 0) is 56.0 Å². The number of rotatable bonds is 22. The Morgan fingerprint density at radius 3 is 2.25 bits per heavy atom. The van der Waals surface area contributed by atoms with Gasteiger partial charge in [-0.1, -0.05) is 92.8 Å². The Balaban J connectivity index is 1.14. The van der Waals surface area contributed by atoms with Crippen molar-refractivity contribution >= 4 is 11.8 Å². The number of Topliss-reactive ketones (excluding diaryl/α,β-unsaturated/α-hetero) is 1. The van der Waals surface area contributed by atoms with E-state index in [-0.39, 0.29) is 62.9 Å². The van der Waals surface area contributed by atoms with Crippen LogP contribution in [0.4, 0.5) is 0 Å². The van der Waals surface area contributed by atoms with Gasteiger partial charge in [-0.3, -0.25) is 9.59 Å². The highest BCUT2D eigenvalue weighted by Gasteiger charge is 2.55. The normalized spacial score (nSPS) is 26.8. The molecule has 0 bridgehead atoms. The molecular weight excluding hydrogens is 769 g/mol. The van der Waals surface area contributed by atoms with Crippen LogP contribution in [0.3, 0.4) is 0 Å². The summed E-state index contributed by atoms with van der Waals surface area (Å²) < 4.78 is 48.4. The Labute approximate surface area is 355 Å². The highest BCUT2D eigenvalue weighted by molar-refractivity contribution is 5.87. The summed E-state index contributed by atoms with van der Waals surface area (Å²) in [5.41, 5.74) is 3.17. The number of aliphatic carboxylic acids is 1. The third-order valence-corrected chi connectivity index (χ3v) is 11.7. The Kier molecular flexibility index (Phi) is 17.7. The van der Waals surface area contributed by atoms with E-state index in [4.69, 9.17) is 37.9 Å². The Morgan fingerprint density at radius 1 is 0.900 bits per heavy atom. The number of carboxylic acids is 1. The van der Waals surface area contributed by atoms with Crippen LogP contribution < -0.4 is 4.74 Å². The van der Waals surface area contributed by atoms with Crippen LogP contribution in [-0.4, -0.2) is 97.6 Å². The summed E-state index contributed by atoms with van der Waals surface area (Å²) in [6.07, 6.45) is 5.23. The standard InChI is InChI=1S/C48H66O12/c1-32-21-38(58-42(22-32)26-43-24-33(2)23-41(59-43)25-40(28-46(51)52)56-30-36-13-15-37(53-6)16-14-36)19-20-47(4,5)48(54-7)45(50)18-17-39(60-48)27-44(49)34(3)57-31-55-29-35-11-9-8-10-12-35/h8-16,19-20,34,38-44,49H,1-2,17-18,21-31H2,3-7H3,(H,51,52)/b20-19+/t34-,38+,39+,40+,41+,42+,43-,44-,48-/m1/s1. The molecule has 2 aromatic carbocycles. The molecule has 0 radical (unpaired) electrons. The molecule has 3 aliphatic heterocycles. The van der Waals surface area contributed by atoms with Crippen LogP contribution in [0.2, 0.25) is 0 Å². The second-order valence-electron chi connectivity index (χ2n) is 17.1. The van der Waals surface area contributed by atoms with Gasteiger partial charge in [-0.25, -0.2) is 0 Å². The van der Waals surface area contributed by atoms with Crippen LogP contribution in [0.15, 0.2) is 91.1 Å². The molecule has 9 atom stereocenters. The second-order valence-corrected chi connectivity index (χ2v) is 17.1. The van der Waals surface area contributed by atoms with Gasteiger partial charge in [0.25, 0.3) is 0 Å². The first-order chi connectivity index (χ1) is 28.7. The van der Waals surface area contributed by atoms with Crippen LogP contribution in [0, 0.1) is 5.41 Å². The minimum Gasteiger partial charge on any atom is -0.497 e. The average Bonchev–Trinajstić information content (AvgIpc) is 3.21. The van der Waals surface area contributed by atoms with Crippen molar-refractivity contribution in [3.63, 3.8) is 0 Å². The molecule has 330 valence electrons. The zero-order valence-electron chi connectivity index (χ0n) is 36.1. The largest absolute Gasteiger partial charge is 0.497 e. The summed E-state index contributed by atoms with van der Waals surface area (Å²) in [5.74, 6) is -1.91. The van der Waals surface area contributed by atoms with E-state index >= 15 is 0 Å². The molecule has 2 N–H and O–H groups in total. The quantitative estimate of drug-likeness (QED) is 0.0672. The van der Waals surface area contributed by atoms with Gasteiger partial charge in [0.15, 0.2) is 5.78 Å². The summed E-state index contributed by atoms with van der Waals surface area (Å²) in [6, 6.07) is 17.3. The number of carbonyl (C=O) groups excluding carboxylic acids is 1. The fourth-order valence-corrected chi connectivity index (χ4v) is 8.42. The topological polar surface area (TPSA) is 148 Å². The third kappa shape index (κ3) is 13.6. The molecule has 0 aromatic heterocycles. The summed E-state index contributed by atoms with van der Waals surface area (Å²) in [7, 11) is 3.09. The number of carbonyl (C=O) groups is 2. The highest BCUT2D eigenvalue weighted by atomic mass is 16.7. The maximum absolute atomic E-state index is 13.6. The van der Waals surface area contributed by atoms with E-state index in [2.05, 4.69) is 13.2 Å². The molecule has 3 fully saturated rings. The Morgan fingerprint density at radius 2 is 1.57 bits per heavy atom. The molecule has 3 aliphatic rings. The zero-order chi connectivity index (χ0) is 43.3. The molecule has 0 spiro atoms. The minimum atomic E-state index is -1.57. The summed E-state index contributed by atoms with van der Waals surface area (Å²) in [5, 5.41) is 20.7. The Bertz CT molecular complexity index is 1720. The number of benzene rings is 2. The first-order valence-electron chi connectivity index (χ1n) is 21.2. The first-order valence-corrected chi connectivity index (χ1v) is 21.2. The lowest BCUT2D eigenvalue weighted by molar-refractivity contribution is -0.286. The highest BCUT2D eigenvalue weighted by Crippen LogP contribution is 2.44. The van der Waals surface area contributed by atoms with Gasteiger partial charge in [0, 0.05) is 38.2 Å². The molecule has 60 heavy (non-hydrogen) atoms. The minimum absolute atomic E-state index is 0.0358. The molecule has 0 amide bonds. The van der Waals surface area contributed by atoms with E-state index in [0.717, 1.165) is 28.0 Å². The van der Waals surface area contributed by atoms with Crippen molar-refractivity contribution in [3.05, 3.63) is 102 Å². The van der Waals surface area contributed by atoms with E-state index in [1.807, 2.05) is 80.6 Å². The molecule has 12 nitrogen and oxygen atoms in total. The molecule has 5 rings (SSSR count). The number of hydrogen-bond acceptors (Lipinski definition) is 11. The monoisotopic (exact) mass is 834 g/mol. The number of carboxylic acid groups (broad SMARTS) is 1. The van der Waals surface area contributed by atoms with E-state index in [9.17, 15) is 19.8 Å². The molecule has 0 unspecified atom stereocenters. The SMILES string of the molecule is C=C1C[C@H](C[C@@H]2CC(=C)C[C@H](/C=C/C(C)(C)[C@]3(OC)O[C@H](C[C@@H](O)[C@@H](C)OCOCc4ccccc4)CCC3=O)O2)O[C@H](C[C@@H](CC(=O)O)OCc2ccc(OC)cc2)C1. The molecule has 0 saturated carbocycles. The van der Waals surface area contributed by atoms with Crippen molar-refractivity contribution in [3.8, 4) is 5.75 Å².